The predicted octanol–water partition coefficient (Wildman–Crippen LogP) is 1.38. The summed E-state index contributed by atoms with van der Waals surface area (Å²) in [6.07, 6.45) is 4.65. The summed E-state index contributed by atoms with van der Waals surface area (Å²) in [7, 11) is 3.96. The van der Waals surface area contributed by atoms with Crippen LogP contribution in [0.25, 0.3) is 0 Å². The van der Waals surface area contributed by atoms with Gasteiger partial charge in [0, 0.05) is 31.2 Å². The first-order valence-electron chi connectivity index (χ1n) is 4.83. The van der Waals surface area contributed by atoms with Gasteiger partial charge in [-0.25, -0.2) is 9.97 Å². The van der Waals surface area contributed by atoms with Crippen molar-refractivity contribution in [2.45, 2.75) is 12.5 Å². The molecule has 0 aliphatic rings. The largest absolute Gasteiger partial charge is 0.338 e. The molecule has 0 spiro atoms. The zero-order chi connectivity index (χ0) is 10.7. The smallest absolute Gasteiger partial charge is 0.110 e. The average molecular weight is 222 g/mol. The Labute approximate surface area is 93.0 Å². The molecule has 0 radical (unpaired) electrons. The number of aromatic nitrogens is 3. The van der Waals surface area contributed by atoms with E-state index in [2.05, 4.69) is 20.7 Å². The van der Waals surface area contributed by atoms with Gasteiger partial charge in [-0.1, -0.05) is 0 Å². The quantitative estimate of drug-likeness (QED) is 0.850. The molecule has 1 N–H and O–H groups in total. The lowest BCUT2D eigenvalue weighted by Crippen LogP contribution is -2.20. The molecule has 0 bridgehead atoms. The Hall–Kier alpha value is -1.20. The second-order valence-corrected chi connectivity index (χ2v) is 4.13. The van der Waals surface area contributed by atoms with Gasteiger partial charge in [0.1, 0.15) is 5.82 Å². The third-order valence-corrected chi connectivity index (χ3v) is 3.07. The third-order valence-electron chi connectivity index (χ3n) is 2.46. The maximum atomic E-state index is 4.32. The SMILES string of the molecule is CNC(Cc1nccn1C)c1cscn1. The van der Waals surface area contributed by atoms with Crippen molar-refractivity contribution in [3.05, 3.63) is 34.8 Å². The van der Waals surface area contributed by atoms with Crippen molar-refractivity contribution >= 4 is 11.3 Å². The Morgan fingerprint density at radius 1 is 1.53 bits per heavy atom. The van der Waals surface area contributed by atoms with E-state index in [0.29, 0.717) is 0 Å². The Morgan fingerprint density at radius 3 is 2.93 bits per heavy atom. The fourth-order valence-electron chi connectivity index (χ4n) is 1.52. The summed E-state index contributed by atoms with van der Waals surface area (Å²) in [5, 5.41) is 5.33. The molecule has 0 aliphatic carbocycles. The topological polar surface area (TPSA) is 42.7 Å². The van der Waals surface area contributed by atoms with Gasteiger partial charge in [-0.15, -0.1) is 11.3 Å². The Bertz CT molecular complexity index is 407. The van der Waals surface area contributed by atoms with Crippen molar-refractivity contribution in [1.29, 1.82) is 0 Å². The van der Waals surface area contributed by atoms with Crippen LogP contribution in [0.2, 0.25) is 0 Å². The summed E-state index contributed by atoms with van der Waals surface area (Å²) >= 11 is 1.62. The number of hydrogen-bond donors (Lipinski definition) is 1. The highest BCUT2D eigenvalue weighted by molar-refractivity contribution is 7.07. The molecule has 0 fully saturated rings. The molecule has 2 aromatic rings. The lowest BCUT2D eigenvalue weighted by molar-refractivity contribution is 0.553. The van der Waals surface area contributed by atoms with Crippen molar-refractivity contribution in [1.82, 2.24) is 19.9 Å². The van der Waals surface area contributed by atoms with E-state index < -0.39 is 0 Å². The average Bonchev–Trinajstić information content (AvgIpc) is 2.86. The number of nitrogens with zero attached hydrogens (tertiary/aromatic N) is 3. The predicted molar refractivity (Wildman–Crippen MR) is 60.8 cm³/mol. The molecule has 0 saturated carbocycles. The van der Waals surface area contributed by atoms with Gasteiger partial charge in [0.05, 0.1) is 17.2 Å². The van der Waals surface area contributed by atoms with Crippen LogP contribution in [0.1, 0.15) is 17.6 Å². The van der Waals surface area contributed by atoms with Crippen molar-refractivity contribution in [2.75, 3.05) is 7.05 Å². The van der Waals surface area contributed by atoms with Gasteiger partial charge in [0.15, 0.2) is 0 Å². The van der Waals surface area contributed by atoms with E-state index in [1.807, 2.05) is 36.6 Å². The van der Waals surface area contributed by atoms with Crippen molar-refractivity contribution in [2.24, 2.45) is 7.05 Å². The van der Waals surface area contributed by atoms with Crippen LogP contribution in [0, 0.1) is 0 Å². The molecule has 80 valence electrons. The van der Waals surface area contributed by atoms with Crippen LogP contribution in [0.15, 0.2) is 23.3 Å². The molecule has 0 amide bonds. The lowest BCUT2D eigenvalue weighted by atomic mass is 10.1. The number of rotatable bonds is 4. The van der Waals surface area contributed by atoms with Crippen LogP contribution in [-0.4, -0.2) is 21.6 Å². The minimum Gasteiger partial charge on any atom is -0.338 e. The van der Waals surface area contributed by atoms with E-state index >= 15 is 0 Å². The van der Waals surface area contributed by atoms with Crippen LogP contribution in [-0.2, 0) is 13.5 Å². The molecule has 5 heteroatoms. The fraction of sp³-hybridized carbons (Fsp3) is 0.400. The van der Waals surface area contributed by atoms with Crippen LogP contribution < -0.4 is 5.32 Å². The summed E-state index contributed by atoms with van der Waals surface area (Å²) in [5.74, 6) is 1.07. The van der Waals surface area contributed by atoms with Gasteiger partial charge in [-0.2, -0.15) is 0 Å². The molecule has 2 heterocycles. The number of imidazole rings is 1. The van der Waals surface area contributed by atoms with E-state index in [1.54, 1.807) is 11.3 Å². The Kier molecular flexibility index (Phi) is 3.13. The van der Waals surface area contributed by atoms with E-state index in [0.717, 1.165) is 17.9 Å². The standard InChI is InChI=1S/C10H14N4S/c1-11-8(9-6-15-7-13-9)5-10-12-3-4-14(10)2/h3-4,6-8,11H,5H2,1-2H3. The molecular formula is C10H14N4S. The van der Waals surface area contributed by atoms with Crippen LogP contribution in [0.4, 0.5) is 0 Å². The first kappa shape index (κ1) is 10.3. The van der Waals surface area contributed by atoms with E-state index in [4.69, 9.17) is 0 Å². The van der Waals surface area contributed by atoms with Gasteiger partial charge in [-0.05, 0) is 7.05 Å². The summed E-state index contributed by atoms with van der Waals surface area (Å²) in [5.41, 5.74) is 2.95. The van der Waals surface area contributed by atoms with Gasteiger partial charge in [0.25, 0.3) is 0 Å². The number of nitrogens with one attached hydrogen (secondary N) is 1. The Morgan fingerprint density at radius 2 is 2.40 bits per heavy atom. The summed E-state index contributed by atoms with van der Waals surface area (Å²) in [6.45, 7) is 0. The van der Waals surface area contributed by atoms with Crippen molar-refractivity contribution < 1.29 is 0 Å². The maximum absolute atomic E-state index is 4.32. The fourth-order valence-corrected chi connectivity index (χ4v) is 2.13. The van der Waals surface area contributed by atoms with Crippen LogP contribution in [0.3, 0.4) is 0 Å². The molecule has 0 saturated heterocycles. The lowest BCUT2D eigenvalue weighted by Gasteiger charge is -2.13. The summed E-state index contributed by atoms with van der Waals surface area (Å²) in [6, 6.07) is 0.248. The molecule has 0 aliphatic heterocycles. The van der Waals surface area contributed by atoms with Crippen molar-refractivity contribution in [3.8, 4) is 0 Å². The van der Waals surface area contributed by atoms with Gasteiger partial charge < -0.3 is 9.88 Å². The van der Waals surface area contributed by atoms with Crippen molar-refractivity contribution in [3.63, 3.8) is 0 Å². The minimum atomic E-state index is 0.248. The van der Waals surface area contributed by atoms with Crippen LogP contribution >= 0.6 is 11.3 Å². The number of likely N-dealkylation sites (N-methyl/N-ethyl adjacent to an activating group) is 1. The Balaban J connectivity index is 2.13. The summed E-state index contributed by atoms with van der Waals surface area (Å²) < 4.78 is 2.04. The van der Waals surface area contributed by atoms with Gasteiger partial charge in [0.2, 0.25) is 0 Å². The highest BCUT2D eigenvalue weighted by Crippen LogP contribution is 2.16. The molecule has 1 unspecified atom stereocenters. The van der Waals surface area contributed by atoms with Gasteiger partial charge in [-0.3, -0.25) is 0 Å². The zero-order valence-electron chi connectivity index (χ0n) is 8.84. The van der Waals surface area contributed by atoms with E-state index in [1.165, 1.54) is 0 Å². The highest BCUT2D eigenvalue weighted by Gasteiger charge is 2.13. The molecule has 15 heavy (non-hydrogen) atoms. The molecular weight excluding hydrogens is 208 g/mol. The maximum Gasteiger partial charge on any atom is 0.110 e. The highest BCUT2D eigenvalue weighted by atomic mass is 32.1. The van der Waals surface area contributed by atoms with E-state index in [9.17, 15) is 0 Å². The second kappa shape index (κ2) is 4.55. The first-order chi connectivity index (χ1) is 7.31. The number of hydrogen-bond acceptors (Lipinski definition) is 4. The minimum absolute atomic E-state index is 0.248. The summed E-state index contributed by atoms with van der Waals surface area (Å²) in [4.78, 5) is 8.63. The molecule has 4 nitrogen and oxygen atoms in total. The molecule has 2 rings (SSSR count). The third kappa shape index (κ3) is 2.24. The van der Waals surface area contributed by atoms with E-state index in [-0.39, 0.29) is 6.04 Å². The number of aryl methyl sites for hydroxylation is 1. The number of thiazole rings is 1. The normalized spacial score (nSPS) is 12.9. The first-order valence-corrected chi connectivity index (χ1v) is 5.77. The molecule has 0 aromatic carbocycles. The van der Waals surface area contributed by atoms with Crippen LogP contribution in [0.5, 0.6) is 0 Å². The monoisotopic (exact) mass is 222 g/mol. The van der Waals surface area contributed by atoms with Gasteiger partial charge >= 0.3 is 0 Å². The second-order valence-electron chi connectivity index (χ2n) is 3.41. The molecule has 2 aromatic heterocycles. The zero-order valence-corrected chi connectivity index (χ0v) is 9.66. The molecule has 1 atom stereocenters.